The van der Waals surface area contributed by atoms with E-state index in [0.29, 0.717) is 12.6 Å². The Bertz CT molecular complexity index is 397. The van der Waals surface area contributed by atoms with Crippen molar-refractivity contribution in [2.75, 3.05) is 13.2 Å². The van der Waals surface area contributed by atoms with Crippen molar-refractivity contribution in [2.24, 2.45) is 5.41 Å². The Kier molecular flexibility index (Phi) is 6.89. The van der Waals surface area contributed by atoms with Crippen molar-refractivity contribution in [3.63, 3.8) is 0 Å². The van der Waals surface area contributed by atoms with E-state index >= 15 is 0 Å². The van der Waals surface area contributed by atoms with Crippen LogP contribution in [0.3, 0.4) is 0 Å². The summed E-state index contributed by atoms with van der Waals surface area (Å²) in [6, 6.07) is 11.2. The average molecular weight is 291 g/mol. The molecule has 2 N–H and O–H groups in total. The fourth-order valence-corrected chi connectivity index (χ4v) is 2.94. The highest BCUT2D eigenvalue weighted by Crippen LogP contribution is 2.28. The summed E-state index contributed by atoms with van der Waals surface area (Å²) in [5.41, 5.74) is 1.83. The van der Waals surface area contributed by atoms with E-state index in [9.17, 15) is 0 Å². The van der Waals surface area contributed by atoms with Gasteiger partial charge in [-0.15, -0.1) is 0 Å². The number of hydrogen-bond donors (Lipinski definition) is 2. The molecule has 0 aliphatic rings. The van der Waals surface area contributed by atoms with Gasteiger partial charge in [-0.05, 0) is 42.6 Å². The van der Waals surface area contributed by atoms with Gasteiger partial charge in [-0.1, -0.05) is 58.0 Å². The van der Waals surface area contributed by atoms with Crippen molar-refractivity contribution < 1.29 is 5.11 Å². The molecule has 1 unspecified atom stereocenters. The van der Waals surface area contributed by atoms with E-state index in [-0.39, 0.29) is 10.8 Å². The molecule has 0 radical (unpaired) electrons. The van der Waals surface area contributed by atoms with Crippen molar-refractivity contribution in [3.8, 4) is 0 Å². The molecule has 1 aromatic rings. The maximum atomic E-state index is 8.97. The molecule has 0 aromatic heterocycles. The highest BCUT2D eigenvalue weighted by atomic mass is 16.2. The van der Waals surface area contributed by atoms with Gasteiger partial charge in [0, 0.05) is 19.2 Å². The van der Waals surface area contributed by atoms with Crippen LogP contribution in [0.1, 0.15) is 59.4 Å². The third kappa shape index (κ3) is 6.62. The van der Waals surface area contributed by atoms with Crippen LogP contribution in [0.4, 0.5) is 0 Å². The summed E-state index contributed by atoms with van der Waals surface area (Å²) < 4.78 is 0. The third-order valence-electron chi connectivity index (χ3n) is 4.31. The normalized spacial score (nSPS) is 14.2. The minimum atomic E-state index is 0.183. The Hall–Kier alpha value is -0.860. The van der Waals surface area contributed by atoms with Crippen LogP contribution in [0, 0.1) is 5.41 Å². The van der Waals surface area contributed by atoms with Gasteiger partial charge in [-0.2, -0.15) is 0 Å². The van der Waals surface area contributed by atoms with Gasteiger partial charge in [-0.25, -0.2) is 0 Å². The average Bonchev–Trinajstić information content (AvgIpc) is 2.44. The molecule has 1 rings (SSSR count). The van der Waals surface area contributed by atoms with Crippen LogP contribution < -0.4 is 5.32 Å². The molecule has 2 nitrogen and oxygen atoms in total. The molecule has 0 aliphatic carbocycles. The minimum Gasteiger partial charge on any atom is -0.396 e. The molecule has 21 heavy (non-hydrogen) atoms. The van der Waals surface area contributed by atoms with Crippen molar-refractivity contribution in [1.82, 2.24) is 5.32 Å². The van der Waals surface area contributed by atoms with Crippen LogP contribution in [0.25, 0.3) is 0 Å². The molecule has 120 valence electrons. The molecular weight excluding hydrogens is 258 g/mol. The predicted molar refractivity (Wildman–Crippen MR) is 91.7 cm³/mol. The van der Waals surface area contributed by atoms with E-state index in [1.165, 1.54) is 5.56 Å². The van der Waals surface area contributed by atoms with Gasteiger partial charge >= 0.3 is 0 Å². The van der Waals surface area contributed by atoms with Gasteiger partial charge in [0.15, 0.2) is 0 Å². The molecule has 1 atom stereocenters. The third-order valence-corrected chi connectivity index (χ3v) is 4.31. The topological polar surface area (TPSA) is 32.3 Å². The lowest BCUT2D eigenvalue weighted by Crippen LogP contribution is -2.38. The van der Waals surface area contributed by atoms with Crippen LogP contribution in [0.5, 0.6) is 0 Å². The standard InChI is InChI=1S/C19H33NO/c1-16(20-15-18(2,3)12-9-13-21)14-19(4,5)17-10-7-6-8-11-17/h6-8,10-11,16,20-21H,9,12-15H2,1-5H3. The lowest BCUT2D eigenvalue weighted by molar-refractivity contribution is 0.229. The number of aliphatic hydroxyl groups is 1. The van der Waals surface area contributed by atoms with Gasteiger partial charge in [0.2, 0.25) is 0 Å². The molecule has 0 saturated heterocycles. The summed E-state index contributed by atoms with van der Waals surface area (Å²) in [4.78, 5) is 0. The highest BCUT2D eigenvalue weighted by Gasteiger charge is 2.24. The Balaban J connectivity index is 2.48. The molecule has 0 spiro atoms. The second kappa shape index (κ2) is 7.95. The molecular formula is C19H33NO. The highest BCUT2D eigenvalue weighted by molar-refractivity contribution is 5.23. The van der Waals surface area contributed by atoms with Gasteiger partial charge in [0.25, 0.3) is 0 Å². The van der Waals surface area contributed by atoms with Crippen LogP contribution in [0.2, 0.25) is 0 Å². The monoisotopic (exact) mass is 291 g/mol. The quantitative estimate of drug-likeness (QED) is 0.717. The van der Waals surface area contributed by atoms with Gasteiger partial charge in [-0.3, -0.25) is 0 Å². The SMILES string of the molecule is CC(CC(C)(C)c1ccccc1)NCC(C)(C)CCCO. The van der Waals surface area contributed by atoms with E-state index in [1.807, 2.05) is 0 Å². The first kappa shape index (κ1) is 18.2. The van der Waals surface area contributed by atoms with E-state index in [4.69, 9.17) is 5.11 Å². The maximum absolute atomic E-state index is 8.97. The van der Waals surface area contributed by atoms with E-state index in [0.717, 1.165) is 25.8 Å². The zero-order valence-corrected chi connectivity index (χ0v) is 14.4. The lowest BCUT2D eigenvalue weighted by atomic mass is 9.79. The first-order valence-corrected chi connectivity index (χ1v) is 8.17. The van der Waals surface area contributed by atoms with Crippen molar-refractivity contribution >= 4 is 0 Å². The van der Waals surface area contributed by atoms with Crippen LogP contribution in [0.15, 0.2) is 30.3 Å². The summed E-state index contributed by atoms with van der Waals surface area (Å²) >= 11 is 0. The fourth-order valence-electron chi connectivity index (χ4n) is 2.94. The Morgan fingerprint density at radius 3 is 2.29 bits per heavy atom. The molecule has 2 heteroatoms. The summed E-state index contributed by atoms with van der Waals surface area (Å²) in [5.74, 6) is 0. The van der Waals surface area contributed by atoms with E-state index in [1.54, 1.807) is 0 Å². The molecule has 0 bridgehead atoms. The Morgan fingerprint density at radius 1 is 1.10 bits per heavy atom. The smallest absolute Gasteiger partial charge is 0.0431 e. The summed E-state index contributed by atoms with van der Waals surface area (Å²) in [6.45, 7) is 12.7. The Labute approximate surface area is 131 Å². The van der Waals surface area contributed by atoms with Crippen LogP contribution >= 0.6 is 0 Å². The van der Waals surface area contributed by atoms with Crippen LogP contribution in [-0.4, -0.2) is 24.3 Å². The van der Waals surface area contributed by atoms with Crippen molar-refractivity contribution in [2.45, 2.75) is 65.3 Å². The van der Waals surface area contributed by atoms with Crippen LogP contribution in [-0.2, 0) is 5.41 Å². The van der Waals surface area contributed by atoms with Gasteiger partial charge < -0.3 is 10.4 Å². The zero-order valence-electron chi connectivity index (χ0n) is 14.4. The molecule has 0 heterocycles. The van der Waals surface area contributed by atoms with Gasteiger partial charge in [0.05, 0.1) is 0 Å². The van der Waals surface area contributed by atoms with Gasteiger partial charge in [0.1, 0.15) is 0 Å². The van der Waals surface area contributed by atoms with Crippen molar-refractivity contribution in [3.05, 3.63) is 35.9 Å². The number of hydrogen-bond acceptors (Lipinski definition) is 2. The molecule has 0 amide bonds. The first-order chi connectivity index (χ1) is 9.77. The fraction of sp³-hybridized carbons (Fsp3) is 0.684. The molecule has 0 saturated carbocycles. The molecule has 0 aliphatic heterocycles. The summed E-state index contributed by atoms with van der Waals surface area (Å²) in [6.07, 6.45) is 3.07. The zero-order chi connectivity index (χ0) is 15.9. The number of rotatable bonds is 9. The minimum absolute atomic E-state index is 0.183. The number of aliphatic hydroxyl groups excluding tert-OH is 1. The first-order valence-electron chi connectivity index (χ1n) is 8.17. The molecule has 1 aromatic carbocycles. The van der Waals surface area contributed by atoms with Crippen molar-refractivity contribution in [1.29, 1.82) is 0 Å². The van der Waals surface area contributed by atoms with E-state index < -0.39 is 0 Å². The largest absolute Gasteiger partial charge is 0.396 e. The number of nitrogens with one attached hydrogen (secondary N) is 1. The predicted octanol–water partition coefficient (Wildman–Crippen LogP) is 4.13. The Morgan fingerprint density at radius 2 is 1.71 bits per heavy atom. The second-order valence-electron chi connectivity index (χ2n) is 7.73. The number of benzene rings is 1. The maximum Gasteiger partial charge on any atom is 0.0431 e. The summed E-state index contributed by atoms with van der Waals surface area (Å²) in [5, 5.41) is 12.6. The molecule has 0 fully saturated rings. The second-order valence-corrected chi connectivity index (χ2v) is 7.73. The summed E-state index contributed by atoms with van der Waals surface area (Å²) in [7, 11) is 0. The van der Waals surface area contributed by atoms with E-state index in [2.05, 4.69) is 70.3 Å². The lowest BCUT2D eigenvalue weighted by Gasteiger charge is -2.32.